The van der Waals surface area contributed by atoms with Crippen molar-refractivity contribution in [1.82, 2.24) is 4.90 Å². The summed E-state index contributed by atoms with van der Waals surface area (Å²) >= 11 is 0. The van der Waals surface area contributed by atoms with Crippen LogP contribution in [0.25, 0.3) is 0 Å². The number of hydrogen-bond acceptors (Lipinski definition) is 6. The molecule has 0 heterocycles. The lowest BCUT2D eigenvalue weighted by Crippen LogP contribution is -2.30. The van der Waals surface area contributed by atoms with Crippen LogP contribution in [-0.4, -0.2) is 26.7 Å². The second-order valence-corrected chi connectivity index (χ2v) is 6.42. The molecule has 0 spiro atoms. The monoisotopic (exact) mass is 370 g/mol. The van der Waals surface area contributed by atoms with E-state index < -0.39 is 9.85 Å². The number of benzene rings is 2. The van der Waals surface area contributed by atoms with Gasteiger partial charge in [-0.25, -0.2) is 0 Å². The number of rotatable bonds is 7. The SMILES string of the molecule is CC(=O)N(Cc1ccc(Nc2ccc([N+](=O)[O-])cc2[N+](=O)[O-])cc1)C1CC1. The number of nitro benzene ring substituents is 2. The molecule has 1 fully saturated rings. The number of carbonyl (C=O) groups excluding carboxylic acids is 1. The van der Waals surface area contributed by atoms with E-state index >= 15 is 0 Å². The summed E-state index contributed by atoms with van der Waals surface area (Å²) in [6, 6.07) is 11.0. The van der Waals surface area contributed by atoms with Crippen LogP contribution in [0.15, 0.2) is 42.5 Å². The summed E-state index contributed by atoms with van der Waals surface area (Å²) in [5.74, 6) is 0.0428. The van der Waals surface area contributed by atoms with Crippen LogP contribution in [0.4, 0.5) is 22.7 Å². The van der Waals surface area contributed by atoms with Crippen molar-refractivity contribution >= 4 is 28.7 Å². The lowest BCUT2D eigenvalue weighted by molar-refractivity contribution is -0.393. The van der Waals surface area contributed by atoms with Crippen molar-refractivity contribution in [3.8, 4) is 0 Å². The van der Waals surface area contributed by atoms with Crippen LogP contribution in [0.2, 0.25) is 0 Å². The smallest absolute Gasteiger partial charge is 0.299 e. The fourth-order valence-corrected chi connectivity index (χ4v) is 2.82. The highest BCUT2D eigenvalue weighted by atomic mass is 16.6. The van der Waals surface area contributed by atoms with Crippen molar-refractivity contribution in [2.24, 2.45) is 0 Å². The third kappa shape index (κ3) is 4.38. The Balaban J connectivity index is 1.75. The third-order valence-electron chi connectivity index (χ3n) is 4.37. The highest BCUT2D eigenvalue weighted by molar-refractivity contribution is 5.74. The van der Waals surface area contributed by atoms with E-state index in [0.717, 1.165) is 24.5 Å². The van der Waals surface area contributed by atoms with Crippen LogP contribution in [-0.2, 0) is 11.3 Å². The molecule has 1 amide bonds. The first-order valence-electron chi connectivity index (χ1n) is 8.41. The summed E-state index contributed by atoms with van der Waals surface area (Å²) in [6.07, 6.45) is 2.06. The fourth-order valence-electron chi connectivity index (χ4n) is 2.82. The molecule has 1 N–H and O–H groups in total. The molecule has 0 unspecified atom stereocenters. The van der Waals surface area contributed by atoms with E-state index in [9.17, 15) is 25.0 Å². The van der Waals surface area contributed by atoms with Crippen LogP contribution < -0.4 is 5.32 Å². The Kier molecular flexibility index (Phi) is 5.02. The van der Waals surface area contributed by atoms with Gasteiger partial charge < -0.3 is 10.2 Å². The molecule has 27 heavy (non-hydrogen) atoms. The molecule has 0 atom stereocenters. The first kappa shape index (κ1) is 18.3. The lowest BCUT2D eigenvalue weighted by atomic mass is 10.1. The standard InChI is InChI=1S/C18H18N4O5/c1-12(23)20(15-6-7-15)11-13-2-4-14(5-3-13)19-17-9-8-16(21(24)25)10-18(17)22(26)27/h2-5,8-10,15,19H,6-7,11H2,1H3. The highest BCUT2D eigenvalue weighted by Gasteiger charge is 2.30. The Morgan fingerprint density at radius 1 is 1.11 bits per heavy atom. The molecule has 0 aliphatic heterocycles. The van der Waals surface area contributed by atoms with E-state index in [-0.39, 0.29) is 23.0 Å². The maximum absolute atomic E-state index is 11.7. The fraction of sp³-hybridized carbons (Fsp3) is 0.278. The van der Waals surface area contributed by atoms with Crippen LogP contribution >= 0.6 is 0 Å². The summed E-state index contributed by atoms with van der Waals surface area (Å²) in [5, 5.41) is 24.9. The minimum atomic E-state index is -0.674. The number of anilines is 2. The molecule has 1 aliphatic carbocycles. The Labute approximate surface area is 154 Å². The van der Waals surface area contributed by atoms with E-state index in [1.54, 1.807) is 19.1 Å². The van der Waals surface area contributed by atoms with Gasteiger partial charge in [-0.3, -0.25) is 25.0 Å². The van der Waals surface area contributed by atoms with E-state index in [0.29, 0.717) is 18.3 Å². The molecule has 1 saturated carbocycles. The van der Waals surface area contributed by atoms with Gasteiger partial charge in [-0.15, -0.1) is 0 Å². The van der Waals surface area contributed by atoms with Gasteiger partial charge in [0, 0.05) is 31.3 Å². The predicted molar refractivity (Wildman–Crippen MR) is 98.7 cm³/mol. The number of non-ortho nitro benzene ring substituents is 1. The summed E-state index contributed by atoms with van der Waals surface area (Å²) in [7, 11) is 0. The van der Waals surface area contributed by atoms with Gasteiger partial charge in [-0.05, 0) is 36.6 Å². The maximum Gasteiger partial charge on any atom is 0.299 e. The molecule has 2 aromatic carbocycles. The predicted octanol–water partition coefficient (Wildman–Crippen LogP) is 3.76. The van der Waals surface area contributed by atoms with Gasteiger partial charge >= 0.3 is 0 Å². The number of hydrogen-bond donors (Lipinski definition) is 1. The minimum Gasteiger partial charge on any atom is -0.350 e. The minimum absolute atomic E-state index is 0.0428. The molecule has 2 aromatic rings. The number of nitro groups is 2. The maximum atomic E-state index is 11.7. The molecule has 0 bridgehead atoms. The van der Waals surface area contributed by atoms with Gasteiger partial charge in [0.25, 0.3) is 11.4 Å². The molecule has 9 nitrogen and oxygen atoms in total. The van der Waals surface area contributed by atoms with Gasteiger partial charge in [0.05, 0.1) is 15.9 Å². The molecule has 0 aromatic heterocycles. The summed E-state index contributed by atoms with van der Waals surface area (Å²) in [6.45, 7) is 2.08. The molecule has 0 saturated heterocycles. The normalized spacial score (nSPS) is 13.1. The van der Waals surface area contributed by atoms with Gasteiger partial charge in [0.15, 0.2) is 0 Å². The largest absolute Gasteiger partial charge is 0.350 e. The van der Waals surface area contributed by atoms with Crippen molar-refractivity contribution in [3.63, 3.8) is 0 Å². The van der Waals surface area contributed by atoms with Gasteiger partial charge in [0.1, 0.15) is 5.69 Å². The highest BCUT2D eigenvalue weighted by Crippen LogP contribution is 2.32. The quantitative estimate of drug-likeness (QED) is 0.585. The molecule has 140 valence electrons. The van der Waals surface area contributed by atoms with Crippen molar-refractivity contribution < 1.29 is 14.6 Å². The van der Waals surface area contributed by atoms with E-state index in [4.69, 9.17) is 0 Å². The topological polar surface area (TPSA) is 119 Å². The van der Waals surface area contributed by atoms with Crippen molar-refractivity contribution in [1.29, 1.82) is 0 Å². The van der Waals surface area contributed by atoms with E-state index in [1.165, 1.54) is 12.1 Å². The van der Waals surface area contributed by atoms with Crippen molar-refractivity contribution in [3.05, 3.63) is 68.3 Å². The van der Waals surface area contributed by atoms with Gasteiger partial charge in [-0.2, -0.15) is 0 Å². The second kappa shape index (κ2) is 7.40. The summed E-state index contributed by atoms with van der Waals surface area (Å²) < 4.78 is 0. The van der Waals surface area contributed by atoms with Crippen molar-refractivity contribution in [2.45, 2.75) is 32.4 Å². The summed E-state index contributed by atoms with van der Waals surface area (Å²) in [5.41, 5.74) is 1.02. The molecule has 0 radical (unpaired) electrons. The average molecular weight is 370 g/mol. The Morgan fingerprint density at radius 3 is 2.30 bits per heavy atom. The zero-order chi connectivity index (χ0) is 19.6. The zero-order valence-corrected chi connectivity index (χ0v) is 14.6. The number of amides is 1. The molecule has 9 heteroatoms. The number of nitrogens with one attached hydrogen (secondary N) is 1. The first-order chi connectivity index (χ1) is 12.8. The Bertz CT molecular complexity index is 893. The van der Waals surface area contributed by atoms with Gasteiger partial charge in [-0.1, -0.05) is 12.1 Å². The zero-order valence-electron chi connectivity index (χ0n) is 14.6. The second-order valence-electron chi connectivity index (χ2n) is 6.42. The van der Waals surface area contributed by atoms with E-state index in [2.05, 4.69) is 5.32 Å². The number of carbonyl (C=O) groups is 1. The van der Waals surface area contributed by atoms with Gasteiger partial charge in [0.2, 0.25) is 5.91 Å². The van der Waals surface area contributed by atoms with Crippen LogP contribution in [0.1, 0.15) is 25.3 Å². The Hall–Kier alpha value is -3.49. The lowest BCUT2D eigenvalue weighted by Gasteiger charge is -2.20. The third-order valence-corrected chi connectivity index (χ3v) is 4.37. The number of nitrogens with zero attached hydrogens (tertiary/aromatic N) is 3. The van der Waals surface area contributed by atoms with E-state index in [1.807, 2.05) is 17.0 Å². The van der Waals surface area contributed by atoms with Crippen LogP contribution in [0.3, 0.4) is 0 Å². The average Bonchev–Trinajstić information content (AvgIpc) is 3.45. The van der Waals surface area contributed by atoms with Crippen molar-refractivity contribution in [2.75, 3.05) is 5.32 Å². The molecular formula is C18H18N4O5. The summed E-state index contributed by atoms with van der Waals surface area (Å²) in [4.78, 5) is 34.2. The Morgan fingerprint density at radius 2 is 1.78 bits per heavy atom. The van der Waals surface area contributed by atoms with Crippen LogP contribution in [0, 0.1) is 20.2 Å². The molecule has 1 aliphatic rings. The first-order valence-corrected chi connectivity index (χ1v) is 8.41. The molecular weight excluding hydrogens is 352 g/mol. The van der Waals surface area contributed by atoms with Crippen LogP contribution in [0.5, 0.6) is 0 Å². The molecule has 3 rings (SSSR count).